The van der Waals surface area contributed by atoms with E-state index in [1.54, 1.807) is 6.07 Å². The molecule has 2 heterocycles. The molecule has 2 aromatic rings. The lowest BCUT2D eigenvalue weighted by molar-refractivity contribution is -0.203. The zero-order valence-electron chi connectivity index (χ0n) is 11.7. The monoisotopic (exact) mass is 320 g/mol. The van der Waals surface area contributed by atoms with Crippen LogP contribution in [-0.2, 0) is 11.8 Å². The van der Waals surface area contributed by atoms with Gasteiger partial charge in [0, 0.05) is 11.3 Å². The number of fused-ring (bicyclic) bond motifs is 1. The predicted octanol–water partition coefficient (Wildman–Crippen LogP) is 2.75. The molecule has 116 valence electrons. The number of thiophene rings is 1. The van der Waals surface area contributed by atoms with Crippen molar-refractivity contribution in [2.24, 2.45) is 0 Å². The van der Waals surface area contributed by atoms with Crippen molar-refractivity contribution < 1.29 is 18.3 Å². The highest BCUT2D eigenvalue weighted by molar-refractivity contribution is 7.18. The van der Waals surface area contributed by atoms with E-state index in [0.717, 1.165) is 4.88 Å². The van der Waals surface area contributed by atoms with Crippen molar-refractivity contribution in [3.63, 3.8) is 0 Å². The third-order valence-corrected chi connectivity index (χ3v) is 4.41. The van der Waals surface area contributed by atoms with Crippen LogP contribution in [0.5, 0.6) is 0 Å². The van der Waals surface area contributed by atoms with Crippen LogP contribution in [0.1, 0.15) is 31.5 Å². The summed E-state index contributed by atoms with van der Waals surface area (Å²) in [7, 11) is 0. The van der Waals surface area contributed by atoms with E-state index >= 15 is 0 Å². The number of rotatable bonds is 2. The third kappa shape index (κ3) is 3.44. The molecule has 0 unspecified atom stereocenters. The van der Waals surface area contributed by atoms with Crippen LogP contribution in [0.3, 0.4) is 0 Å². The van der Waals surface area contributed by atoms with Crippen LogP contribution in [0.15, 0.2) is 10.9 Å². The molecular weight excluding hydrogens is 305 g/mol. The lowest BCUT2D eigenvalue weighted by Crippen LogP contribution is -2.31. The SMILES string of the molecule is CC(C)(C)c1cc2c(=O)[nH]c(C[C@H](O)C(F)(F)F)nc2s1. The molecule has 0 bridgehead atoms. The van der Waals surface area contributed by atoms with E-state index in [-0.39, 0.29) is 11.2 Å². The molecule has 0 aliphatic carbocycles. The summed E-state index contributed by atoms with van der Waals surface area (Å²) in [6.45, 7) is 5.92. The maximum atomic E-state index is 12.3. The van der Waals surface area contributed by atoms with Gasteiger partial charge in [0.1, 0.15) is 10.7 Å². The first-order valence-corrected chi connectivity index (χ1v) is 7.08. The molecule has 0 saturated heterocycles. The van der Waals surface area contributed by atoms with Crippen molar-refractivity contribution >= 4 is 21.6 Å². The predicted molar refractivity (Wildman–Crippen MR) is 74.7 cm³/mol. The lowest BCUT2D eigenvalue weighted by atomic mass is 9.94. The summed E-state index contributed by atoms with van der Waals surface area (Å²) in [4.78, 5) is 19.5. The van der Waals surface area contributed by atoms with E-state index in [1.807, 2.05) is 20.8 Å². The standard InChI is InChI=1S/C13H15F3N2O2S/c1-12(2,3)8-4-6-10(20)17-9(18-11(6)21-8)5-7(19)13(14,15)16/h4,7,19H,5H2,1-3H3,(H,17,18,20)/t7-/m0/s1. The van der Waals surface area contributed by atoms with Gasteiger partial charge in [0.15, 0.2) is 6.10 Å². The van der Waals surface area contributed by atoms with Crippen LogP contribution < -0.4 is 5.56 Å². The van der Waals surface area contributed by atoms with Crippen LogP contribution in [0.2, 0.25) is 0 Å². The Morgan fingerprint density at radius 3 is 2.52 bits per heavy atom. The van der Waals surface area contributed by atoms with Gasteiger partial charge in [0.05, 0.1) is 5.39 Å². The molecule has 0 radical (unpaired) electrons. The quantitative estimate of drug-likeness (QED) is 0.894. The molecule has 0 spiro atoms. The zero-order chi connectivity index (χ0) is 16.0. The van der Waals surface area contributed by atoms with Crippen LogP contribution in [-0.4, -0.2) is 27.4 Å². The number of alkyl halides is 3. The van der Waals surface area contributed by atoms with Gasteiger partial charge in [0.25, 0.3) is 5.56 Å². The van der Waals surface area contributed by atoms with Crippen LogP contribution in [0.25, 0.3) is 10.2 Å². The maximum absolute atomic E-state index is 12.3. The molecule has 1 atom stereocenters. The number of aliphatic hydroxyl groups excluding tert-OH is 1. The van der Waals surface area contributed by atoms with Gasteiger partial charge in [0.2, 0.25) is 0 Å². The second kappa shape index (κ2) is 5.10. The smallest absolute Gasteiger partial charge is 0.383 e. The minimum Gasteiger partial charge on any atom is -0.383 e. The number of halogens is 3. The van der Waals surface area contributed by atoms with Gasteiger partial charge in [-0.3, -0.25) is 4.79 Å². The fourth-order valence-corrected chi connectivity index (χ4v) is 2.85. The highest BCUT2D eigenvalue weighted by Gasteiger charge is 2.38. The molecule has 8 heteroatoms. The van der Waals surface area contributed by atoms with Gasteiger partial charge >= 0.3 is 6.18 Å². The van der Waals surface area contributed by atoms with Crippen molar-refractivity contribution in [1.82, 2.24) is 9.97 Å². The van der Waals surface area contributed by atoms with Crippen LogP contribution in [0, 0.1) is 0 Å². The third-order valence-electron chi connectivity index (χ3n) is 2.96. The van der Waals surface area contributed by atoms with Gasteiger partial charge in [-0.1, -0.05) is 20.8 Å². The van der Waals surface area contributed by atoms with Gasteiger partial charge in [-0.25, -0.2) is 4.98 Å². The highest BCUT2D eigenvalue weighted by Crippen LogP contribution is 2.32. The molecule has 0 aliphatic heterocycles. The topological polar surface area (TPSA) is 66.0 Å². The fourth-order valence-electron chi connectivity index (χ4n) is 1.74. The molecule has 2 aromatic heterocycles. The second-order valence-electron chi connectivity index (χ2n) is 5.85. The normalized spacial score (nSPS) is 14.6. The second-order valence-corrected chi connectivity index (χ2v) is 6.88. The Morgan fingerprint density at radius 2 is 2.00 bits per heavy atom. The first-order valence-electron chi connectivity index (χ1n) is 6.26. The van der Waals surface area contributed by atoms with Crippen molar-refractivity contribution in [3.05, 3.63) is 27.1 Å². The molecule has 0 aromatic carbocycles. The number of hydrogen-bond acceptors (Lipinski definition) is 4. The van der Waals surface area contributed by atoms with E-state index in [9.17, 15) is 18.0 Å². The Morgan fingerprint density at radius 1 is 1.38 bits per heavy atom. The molecule has 0 aliphatic rings. The summed E-state index contributed by atoms with van der Waals surface area (Å²) in [6.07, 6.45) is -8.04. The summed E-state index contributed by atoms with van der Waals surface area (Å²) in [6, 6.07) is 1.70. The number of nitrogens with one attached hydrogen (secondary N) is 1. The molecule has 0 saturated carbocycles. The number of nitrogens with zero attached hydrogens (tertiary/aromatic N) is 1. The Kier molecular flexibility index (Phi) is 3.88. The van der Waals surface area contributed by atoms with E-state index in [2.05, 4.69) is 9.97 Å². The van der Waals surface area contributed by atoms with Crippen molar-refractivity contribution in [1.29, 1.82) is 0 Å². The summed E-state index contributed by atoms with van der Waals surface area (Å²) in [5.74, 6) is -0.167. The average molecular weight is 320 g/mol. The molecule has 4 nitrogen and oxygen atoms in total. The van der Waals surface area contributed by atoms with E-state index in [4.69, 9.17) is 5.11 Å². The minimum absolute atomic E-state index is 0.167. The van der Waals surface area contributed by atoms with Crippen LogP contribution >= 0.6 is 11.3 Å². The van der Waals surface area contributed by atoms with Crippen LogP contribution in [0.4, 0.5) is 13.2 Å². The van der Waals surface area contributed by atoms with E-state index in [1.165, 1.54) is 11.3 Å². The molecule has 21 heavy (non-hydrogen) atoms. The van der Waals surface area contributed by atoms with Crippen molar-refractivity contribution in [2.45, 2.75) is 44.9 Å². The number of aromatic amines is 1. The number of aromatic nitrogens is 2. The van der Waals surface area contributed by atoms with Gasteiger partial charge in [-0.15, -0.1) is 11.3 Å². The Hall–Kier alpha value is -1.41. The first-order chi connectivity index (χ1) is 9.48. The molecular formula is C13H15F3N2O2S. The van der Waals surface area contributed by atoms with Crippen molar-refractivity contribution in [2.75, 3.05) is 0 Å². The van der Waals surface area contributed by atoms with E-state index < -0.39 is 24.3 Å². The average Bonchev–Trinajstić information content (AvgIpc) is 2.71. The summed E-state index contributed by atoms with van der Waals surface area (Å²) < 4.78 is 37.0. The largest absolute Gasteiger partial charge is 0.414 e. The number of H-pyrrole nitrogens is 1. The zero-order valence-corrected chi connectivity index (χ0v) is 12.5. The summed E-state index contributed by atoms with van der Waals surface area (Å²) >= 11 is 1.27. The highest BCUT2D eigenvalue weighted by atomic mass is 32.1. The van der Waals surface area contributed by atoms with Gasteiger partial charge in [-0.05, 0) is 11.5 Å². The molecule has 0 amide bonds. The van der Waals surface area contributed by atoms with Gasteiger partial charge < -0.3 is 10.1 Å². The minimum atomic E-state index is -4.74. The summed E-state index contributed by atoms with van der Waals surface area (Å²) in [5, 5.41) is 9.41. The first kappa shape index (κ1) is 16.0. The fraction of sp³-hybridized carbons (Fsp3) is 0.538. The molecule has 2 rings (SSSR count). The Bertz CT molecular complexity index is 713. The number of hydrogen-bond donors (Lipinski definition) is 2. The Labute approximate surface area is 122 Å². The van der Waals surface area contributed by atoms with Crippen molar-refractivity contribution in [3.8, 4) is 0 Å². The maximum Gasteiger partial charge on any atom is 0.414 e. The van der Waals surface area contributed by atoms with Gasteiger partial charge in [-0.2, -0.15) is 13.2 Å². The molecule has 0 fully saturated rings. The Balaban J connectivity index is 2.43. The number of aliphatic hydroxyl groups is 1. The lowest BCUT2D eigenvalue weighted by Gasteiger charge is -2.14. The molecule has 2 N–H and O–H groups in total. The van der Waals surface area contributed by atoms with E-state index in [0.29, 0.717) is 10.2 Å². The summed E-state index contributed by atoms with van der Waals surface area (Å²) in [5.41, 5.74) is -0.667.